The smallest absolute Gasteiger partial charge is 0.0721 e. The van der Waals surface area contributed by atoms with Gasteiger partial charge in [-0.15, -0.1) is 0 Å². The summed E-state index contributed by atoms with van der Waals surface area (Å²) >= 11 is 0. The van der Waals surface area contributed by atoms with E-state index in [0.29, 0.717) is 6.10 Å². The number of nitrogens with zero attached hydrogens (tertiary/aromatic N) is 2. The molecule has 1 aliphatic rings. The Labute approximate surface area is 103 Å². The maximum atomic E-state index is 5.65. The fourth-order valence-electron chi connectivity index (χ4n) is 2.13. The molecular formula is C13H21N3O. The predicted octanol–water partition coefficient (Wildman–Crippen LogP) is 2.13. The molecule has 1 saturated heterocycles. The number of rotatable bonds is 3. The Morgan fingerprint density at radius 2 is 2.41 bits per heavy atom. The van der Waals surface area contributed by atoms with Crippen LogP contribution in [0.1, 0.15) is 20.3 Å². The van der Waals surface area contributed by atoms with E-state index in [1.54, 1.807) is 0 Å². The highest BCUT2D eigenvalue weighted by Crippen LogP contribution is 2.20. The van der Waals surface area contributed by atoms with Gasteiger partial charge in [-0.25, -0.2) is 0 Å². The quantitative estimate of drug-likeness (QED) is 0.871. The second kappa shape index (κ2) is 5.87. The van der Waals surface area contributed by atoms with E-state index in [9.17, 15) is 0 Å². The maximum absolute atomic E-state index is 5.65. The molecule has 1 aromatic rings. The van der Waals surface area contributed by atoms with Gasteiger partial charge < -0.3 is 15.0 Å². The zero-order valence-corrected chi connectivity index (χ0v) is 10.6. The van der Waals surface area contributed by atoms with Gasteiger partial charge in [0.25, 0.3) is 0 Å². The highest BCUT2D eigenvalue weighted by atomic mass is 16.5. The van der Waals surface area contributed by atoms with E-state index in [0.717, 1.165) is 38.3 Å². The van der Waals surface area contributed by atoms with Crippen LogP contribution in [0.3, 0.4) is 0 Å². The van der Waals surface area contributed by atoms with Gasteiger partial charge in [-0.3, -0.25) is 4.98 Å². The van der Waals surface area contributed by atoms with E-state index >= 15 is 0 Å². The van der Waals surface area contributed by atoms with Crippen LogP contribution < -0.4 is 10.2 Å². The minimum absolute atomic E-state index is 0.292. The molecule has 0 saturated carbocycles. The van der Waals surface area contributed by atoms with E-state index in [2.05, 4.69) is 35.1 Å². The Bertz CT molecular complexity index is 356. The summed E-state index contributed by atoms with van der Waals surface area (Å²) < 4.78 is 5.65. The van der Waals surface area contributed by atoms with Crippen LogP contribution in [-0.4, -0.2) is 37.3 Å². The molecule has 1 atom stereocenters. The average Bonchev–Trinajstić information content (AvgIpc) is 2.55. The molecule has 1 fully saturated rings. The average molecular weight is 235 g/mol. The highest BCUT2D eigenvalue weighted by Gasteiger charge is 2.15. The molecule has 1 N–H and O–H groups in total. The maximum Gasteiger partial charge on any atom is 0.0721 e. The molecule has 0 bridgehead atoms. The van der Waals surface area contributed by atoms with E-state index in [4.69, 9.17) is 4.74 Å². The Morgan fingerprint density at radius 1 is 1.53 bits per heavy atom. The second-order valence-corrected chi connectivity index (χ2v) is 4.44. The van der Waals surface area contributed by atoms with Crippen molar-refractivity contribution in [3.63, 3.8) is 0 Å². The van der Waals surface area contributed by atoms with Crippen molar-refractivity contribution in [2.75, 3.05) is 36.5 Å². The van der Waals surface area contributed by atoms with E-state index in [1.807, 2.05) is 12.4 Å². The number of pyridine rings is 1. The van der Waals surface area contributed by atoms with E-state index in [1.165, 1.54) is 5.69 Å². The fraction of sp³-hybridized carbons (Fsp3) is 0.615. The largest absolute Gasteiger partial charge is 0.384 e. The van der Waals surface area contributed by atoms with Crippen molar-refractivity contribution in [2.24, 2.45) is 0 Å². The number of aromatic nitrogens is 1. The van der Waals surface area contributed by atoms with Gasteiger partial charge in [0.2, 0.25) is 0 Å². The molecule has 1 aromatic heterocycles. The Hall–Kier alpha value is -1.29. The molecule has 2 rings (SSSR count). The lowest BCUT2D eigenvalue weighted by Gasteiger charge is -2.24. The predicted molar refractivity (Wildman–Crippen MR) is 70.6 cm³/mol. The standard InChI is InChI=1S/C13H21N3O/c1-3-15-12-7-13(9-14-8-12)16-5-4-6-17-11(2)10-16/h7-9,11,15H,3-6,10H2,1-2H3. The van der Waals surface area contributed by atoms with Crippen LogP contribution in [0.2, 0.25) is 0 Å². The number of hydrogen-bond donors (Lipinski definition) is 1. The van der Waals surface area contributed by atoms with Gasteiger partial charge in [0, 0.05) is 26.2 Å². The second-order valence-electron chi connectivity index (χ2n) is 4.44. The topological polar surface area (TPSA) is 37.4 Å². The number of anilines is 2. The molecule has 17 heavy (non-hydrogen) atoms. The van der Waals surface area contributed by atoms with Crippen molar-refractivity contribution in [1.82, 2.24) is 4.98 Å². The first-order chi connectivity index (χ1) is 8.29. The number of nitrogens with one attached hydrogen (secondary N) is 1. The lowest BCUT2D eigenvalue weighted by Crippen LogP contribution is -2.30. The zero-order chi connectivity index (χ0) is 12.1. The van der Waals surface area contributed by atoms with Gasteiger partial charge >= 0.3 is 0 Å². The molecule has 0 amide bonds. The molecule has 94 valence electrons. The van der Waals surface area contributed by atoms with Crippen molar-refractivity contribution in [2.45, 2.75) is 26.4 Å². The van der Waals surface area contributed by atoms with Gasteiger partial charge in [-0.1, -0.05) is 0 Å². The molecule has 0 spiro atoms. The van der Waals surface area contributed by atoms with Crippen molar-refractivity contribution in [3.8, 4) is 0 Å². The minimum Gasteiger partial charge on any atom is -0.384 e. The summed E-state index contributed by atoms with van der Waals surface area (Å²) in [6, 6.07) is 2.16. The third-order valence-electron chi connectivity index (χ3n) is 2.92. The Morgan fingerprint density at radius 3 is 3.24 bits per heavy atom. The van der Waals surface area contributed by atoms with Gasteiger partial charge in [0.1, 0.15) is 0 Å². The SMILES string of the molecule is CCNc1cncc(N2CCCOC(C)C2)c1. The minimum atomic E-state index is 0.292. The molecule has 4 heteroatoms. The molecule has 0 aromatic carbocycles. The summed E-state index contributed by atoms with van der Waals surface area (Å²) in [6.45, 7) is 7.98. The number of hydrogen-bond acceptors (Lipinski definition) is 4. The third kappa shape index (κ3) is 3.33. The fourth-order valence-corrected chi connectivity index (χ4v) is 2.13. The van der Waals surface area contributed by atoms with Crippen molar-refractivity contribution < 1.29 is 4.74 Å². The summed E-state index contributed by atoms with van der Waals surface area (Å²) in [5.41, 5.74) is 2.27. The Kier molecular flexibility index (Phi) is 4.20. The number of ether oxygens (including phenoxy) is 1. The Balaban J connectivity index is 2.11. The molecule has 1 unspecified atom stereocenters. The summed E-state index contributed by atoms with van der Waals surface area (Å²) in [5, 5.41) is 3.29. The van der Waals surface area contributed by atoms with Gasteiger partial charge in [0.15, 0.2) is 0 Å². The van der Waals surface area contributed by atoms with Crippen LogP contribution in [0.25, 0.3) is 0 Å². The summed E-state index contributed by atoms with van der Waals surface area (Å²) in [6.07, 6.45) is 5.17. The van der Waals surface area contributed by atoms with Crippen LogP contribution >= 0.6 is 0 Å². The summed E-state index contributed by atoms with van der Waals surface area (Å²) in [5.74, 6) is 0. The first kappa shape index (κ1) is 12.2. The van der Waals surface area contributed by atoms with Crippen LogP contribution in [0.15, 0.2) is 18.5 Å². The molecule has 2 heterocycles. The third-order valence-corrected chi connectivity index (χ3v) is 2.92. The van der Waals surface area contributed by atoms with Gasteiger partial charge in [-0.05, 0) is 26.3 Å². The lowest BCUT2D eigenvalue weighted by molar-refractivity contribution is 0.0821. The summed E-state index contributed by atoms with van der Waals surface area (Å²) in [7, 11) is 0. The monoisotopic (exact) mass is 235 g/mol. The molecule has 1 aliphatic heterocycles. The lowest BCUT2D eigenvalue weighted by atomic mass is 10.3. The van der Waals surface area contributed by atoms with Crippen LogP contribution in [0.5, 0.6) is 0 Å². The van der Waals surface area contributed by atoms with Crippen LogP contribution in [0.4, 0.5) is 11.4 Å². The molecular weight excluding hydrogens is 214 g/mol. The molecule has 4 nitrogen and oxygen atoms in total. The first-order valence-corrected chi connectivity index (χ1v) is 6.35. The normalized spacial score (nSPS) is 21.1. The summed E-state index contributed by atoms with van der Waals surface area (Å²) in [4.78, 5) is 6.64. The van der Waals surface area contributed by atoms with Crippen molar-refractivity contribution >= 4 is 11.4 Å². The molecule has 0 radical (unpaired) electrons. The van der Waals surface area contributed by atoms with Gasteiger partial charge in [0.05, 0.1) is 29.9 Å². The van der Waals surface area contributed by atoms with Gasteiger partial charge in [-0.2, -0.15) is 0 Å². The first-order valence-electron chi connectivity index (χ1n) is 6.35. The zero-order valence-electron chi connectivity index (χ0n) is 10.6. The highest BCUT2D eigenvalue weighted by molar-refractivity contribution is 5.55. The van der Waals surface area contributed by atoms with Crippen molar-refractivity contribution in [1.29, 1.82) is 0 Å². The van der Waals surface area contributed by atoms with E-state index < -0.39 is 0 Å². The molecule has 0 aliphatic carbocycles. The van der Waals surface area contributed by atoms with Crippen LogP contribution in [0, 0.1) is 0 Å². The van der Waals surface area contributed by atoms with Crippen molar-refractivity contribution in [3.05, 3.63) is 18.5 Å². The van der Waals surface area contributed by atoms with Crippen LogP contribution in [-0.2, 0) is 4.74 Å². The van der Waals surface area contributed by atoms with E-state index in [-0.39, 0.29) is 0 Å².